The van der Waals surface area contributed by atoms with E-state index in [2.05, 4.69) is 26.1 Å². The van der Waals surface area contributed by atoms with Crippen molar-refractivity contribution in [2.24, 2.45) is 0 Å². The molecule has 0 fully saturated rings. The SMILES string of the molecule is C=C1c2cccc(OC)c2Oc2c3c(cc(OC)c21)C(C(=C)C)CC3. The smallest absolute Gasteiger partial charge is 0.177 e. The van der Waals surface area contributed by atoms with Gasteiger partial charge in [-0.3, -0.25) is 0 Å². The Morgan fingerprint density at radius 1 is 1.16 bits per heavy atom. The standard InChI is InChI=1S/C22H22O3/c1-12(2)14-9-10-16-17(14)11-19(24-5)20-13(3)15-7-6-8-18(23-4)21(15)25-22(16)20/h6-8,11,14H,1,3,9-10H2,2,4-5H3. The van der Waals surface area contributed by atoms with Crippen LogP contribution < -0.4 is 14.2 Å². The summed E-state index contributed by atoms with van der Waals surface area (Å²) in [4.78, 5) is 0. The maximum atomic E-state index is 6.39. The first-order chi connectivity index (χ1) is 12.1. The lowest BCUT2D eigenvalue weighted by Crippen LogP contribution is -2.08. The molecule has 2 aliphatic rings. The van der Waals surface area contributed by atoms with Crippen molar-refractivity contribution >= 4 is 5.57 Å². The van der Waals surface area contributed by atoms with E-state index in [4.69, 9.17) is 14.2 Å². The second-order valence-electron chi connectivity index (χ2n) is 6.71. The lowest BCUT2D eigenvalue weighted by molar-refractivity contribution is 0.370. The molecule has 0 aromatic heterocycles. The Bertz CT molecular complexity index is 908. The van der Waals surface area contributed by atoms with Gasteiger partial charge in [0, 0.05) is 11.5 Å². The molecule has 1 aliphatic heterocycles. The van der Waals surface area contributed by atoms with Crippen LogP contribution in [0.4, 0.5) is 0 Å². The predicted octanol–water partition coefficient (Wildman–Crippen LogP) is 5.48. The van der Waals surface area contributed by atoms with Crippen molar-refractivity contribution in [1.29, 1.82) is 0 Å². The van der Waals surface area contributed by atoms with Crippen LogP contribution in [0.15, 0.2) is 43.0 Å². The van der Waals surface area contributed by atoms with Crippen molar-refractivity contribution in [3.63, 3.8) is 0 Å². The van der Waals surface area contributed by atoms with Gasteiger partial charge in [-0.05, 0) is 48.6 Å². The minimum Gasteiger partial charge on any atom is -0.496 e. The number of allylic oxidation sites excluding steroid dienone is 1. The molecule has 1 atom stereocenters. The lowest BCUT2D eigenvalue weighted by Gasteiger charge is -2.28. The summed E-state index contributed by atoms with van der Waals surface area (Å²) in [6.07, 6.45) is 2.02. The molecule has 1 heterocycles. The highest BCUT2D eigenvalue weighted by Crippen LogP contribution is 2.55. The van der Waals surface area contributed by atoms with E-state index >= 15 is 0 Å². The number of para-hydroxylation sites is 1. The van der Waals surface area contributed by atoms with Crippen LogP contribution in [0, 0.1) is 0 Å². The number of ether oxygens (including phenoxy) is 3. The second kappa shape index (κ2) is 5.69. The summed E-state index contributed by atoms with van der Waals surface area (Å²) in [5, 5.41) is 0. The molecular formula is C22H22O3. The van der Waals surface area contributed by atoms with Gasteiger partial charge in [0.25, 0.3) is 0 Å². The summed E-state index contributed by atoms with van der Waals surface area (Å²) in [5.41, 5.74) is 6.47. The Labute approximate surface area is 148 Å². The Kier molecular flexibility index (Phi) is 3.60. The topological polar surface area (TPSA) is 27.7 Å². The van der Waals surface area contributed by atoms with Crippen LogP contribution in [0.3, 0.4) is 0 Å². The average molecular weight is 334 g/mol. The molecule has 0 amide bonds. The molecule has 0 bridgehead atoms. The molecular weight excluding hydrogens is 312 g/mol. The number of rotatable bonds is 3. The first-order valence-corrected chi connectivity index (χ1v) is 8.50. The van der Waals surface area contributed by atoms with Gasteiger partial charge in [-0.25, -0.2) is 0 Å². The summed E-state index contributed by atoms with van der Waals surface area (Å²) in [5.74, 6) is 3.47. The third kappa shape index (κ3) is 2.19. The minimum absolute atomic E-state index is 0.352. The molecule has 0 saturated heterocycles. The van der Waals surface area contributed by atoms with Crippen molar-refractivity contribution in [3.8, 4) is 23.0 Å². The largest absolute Gasteiger partial charge is 0.496 e. The molecule has 2 aromatic rings. The highest BCUT2D eigenvalue weighted by atomic mass is 16.5. The maximum absolute atomic E-state index is 6.39. The summed E-state index contributed by atoms with van der Waals surface area (Å²) in [7, 11) is 3.35. The molecule has 4 rings (SSSR count). The van der Waals surface area contributed by atoms with Crippen LogP contribution in [0.5, 0.6) is 23.0 Å². The fourth-order valence-corrected chi connectivity index (χ4v) is 4.03. The summed E-state index contributed by atoms with van der Waals surface area (Å²) >= 11 is 0. The number of benzene rings is 2. The Morgan fingerprint density at radius 2 is 1.92 bits per heavy atom. The molecule has 0 spiro atoms. The predicted molar refractivity (Wildman–Crippen MR) is 100 cm³/mol. The van der Waals surface area contributed by atoms with E-state index in [-0.39, 0.29) is 0 Å². The fraction of sp³-hybridized carbons (Fsp3) is 0.273. The molecule has 0 saturated carbocycles. The average Bonchev–Trinajstić information content (AvgIpc) is 3.05. The lowest BCUT2D eigenvalue weighted by atomic mass is 9.88. The van der Waals surface area contributed by atoms with Crippen LogP contribution >= 0.6 is 0 Å². The third-order valence-electron chi connectivity index (χ3n) is 5.29. The second-order valence-corrected chi connectivity index (χ2v) is 6.71. The molecule has 2 aromatic carbocycles. The zero-order valence-electron chi connectivity index (χ0n) is 14.9. The van der Waals surface area contributed by atoms with Gasteiger partial charge in [0.1, 0.15) is 11.5 Å². The zero-order chi connectivity index (χ0) is 17.7. The van der Waals surface area contributed by atoms with E-state index < -0.39 is 0 Å². The first-order valence-electron chi connectivity index (χ1n) is 8.50. The van der Waals surface area contributed by atoms with Crippen LogP contribution in [0.1, 0.15) is 41.5 Å². The van der Waals surface area contributed by atoms with Crippen LogP contribution in [0.25, 0.3) is 5.57 Å². The summed E-state index contributed by atoms with van der Waals surface area (Å²) in [6, 6.07) is 8.01. The molecule has 1 aliphatic carbocycles. The summed E-state index contributed by atoms with van der Waals surface area (Å²) in [6.45, 7) is 10.6. The first kappa shape index (κ1) is 15.8. The zero-order valence-corrected chi connectivity index (χ0v) is 14.9. The maximum Gasteiger partial charge on any atom is 0.177 e. The van der Waals surface area contributed by atoms with Gasteiger partial charge in [-0.15, -0.1) is 0 Å². The van der Waals surface area contributed by atoms with Crippen molar-refractivity contribution in [2.45, 2.75) is 25.7 Å². The number of hydrogen-bond donors (Lipinski definition) is 0. The molecule has 128 valence electrons. The van der Waals surface area contributed by atoms with Crippen LogP contribution in [-0.2, 0) is 6.42 Å². The quantitative estimate of drug-likeness (QED) is 0.594. The Hall–Kier alpha value is -2.68. The highest BCUT2D eigenvalue weighted by molar-refractivity contribution is 5.91. The van der Waals surface area contributed by atoms with Gasteiger partial charge in [0.2, 0.25) is 0 Å². The minimum atomic E-state index is 0.352. The van der Waals surface area contributed by atoms with Gasteiger partial charge in [-0.1, -0.05) is 30.9 Å². The summed E-state index contributed by atoms with van der Waals surface area (Å²) < 4.78 is 17.6. The van der Waals surface area contributed by atoms with Gasteiger partial charge >= 0.3 is 0 Å². The monoisotopic (exact) mass is 334 g/mol. The van der Waals surface area contributed by atoms with E-state index in [0.29, 0.717) is 5.92 Å². The van der Waals surface area contributed by atoms with Crippen LogP contribution in [0.2, 0.25) is 0 Å². The Balaban J connectivity index is 1.97. The van der Waals surface area contributed by atoms with E-state index in [9.17, 15) is 0 Å². The molecule has 25 heavy (non-hydrogen) atoms. The molecule has 1 unspecified atom stereocenters. The van der Waals surface area contributed by atoms with E-state index in [1.807, 2.05) is 18.2 Å². The van der Waals surface area contributed by atoms with Crippen LogP contribution in [-0.4, -0.2) is 14.2 Å². The fourth-order valence-electron chi connectivity index (χ4n) is 4.03. The van der Waals surface area contributed by atoms with Crippen molar-refractivity contribution < 1.29 is 14.2 Å². The number of hydrogen-bond acceptors (Lipinski definition) is 3. The van der Waals surface area contributed by atoms with Crippen molar-refractivity contribution in [2.75, 3.05) is 14.2 Å². The van der Waals surface area contributed by atoms with E-state index in [1.165, 1.54) is 16.7 Å². The highest BCUT2D eigenvalue weighted by Gasteiger charge is 2.34. The van der Waals surface area contributed by atoms with Gasteiger partial charge in [0.15, 0.2) is 11.5 Å². The molecule has 0 N–H and O–H groups in total. The Morgan fingerprint density at radius 3 is 2.60 bits per heavy atom. The third-order valence-corrected chi connectivity index (χ3v) is 5.29. The van der Waals surface area contributed by atoms with Gasteiger partial charge in [-0.2, -0.15) is 0 Å². The molecule has 0 radical (unpaired) electrons. The molecule has 3 nitrogen and oxygen atoms in total. The van der Waals surface area contributed by atoms with Gasteiger partial charge < -0.3 is 14.2 Å². The number of methoxy groups -OCH3 is 2. The van der Waals surface area contributed by atoms with E-state index in [0.717, 1.165) is 52.5 Å². The number of fused-ring (bicyclic) bond motifs is 4. The van der Waals surface area contributed by atoms with Crippen molar-refractivity contribution in [3.05, 3.63) is 65.3 Å². The van der Waals surface area contributed by atoms with E-state index in [1.54, 1.807) is 14.2 Å². The molecule has 3 heteroatoms. The normalized spacial score (nSPS) is 17.2. The van der Waals surface area contributed by atoms with Gasteiger partial charge in [0.05, 0.1) is 19.8 Å². The van der Waals surface area contributed by atoms with Crippen molar-refractivity contribution in [1.82, 2.24) is 0 Å².